The summed E-state index contributed by atoms with van der Waals surface area (Å²) < 4.78 is 5.36. The molecule has 0 aromatic carbocycles. The number of hydrogen-bond donors (Lipinski definition) is 0. The van der Waals surface area contributed by atoms with E-state index in [4.69, 9.17) is 16.3 Å². The Kier molecular flexibility index (Phi) is 2.98. The van der Waals surface area contributed by atoms with Gasteiger partial charge in [-0.2, -0.15) is 0 Å². The first kappa shape index (κ1) is 11.3. The summed E-state index contributed by atoms with van der Waals surface area (Å²) in [7, 11) is 0. The number of nitrogens with zero attached hydrogens (tertiary/aromatic N) is 3. The molecule has 0 atom stereocenters. The minimum absolute atomic E-state index is 0.460. The molecule has 0 radical (unpaired) electrons. The number of fused-ring (bicyclic) bond motifs is 1. The van der Waals surface area contributed by atoms with E-state index in [1.165, 1.54) is 0 Å². The van der Waals surface area contributed by atoms with Gasteiger partial charge in [0, 0.05) is 19.1 Å². The van der Waals surface area contributed by atoms with Gasteiger partial charge in [-0.3, -0.25) is 0 Å². The Hall–Kier alpha value is -0.780. The maximum Gasteiger partial charge on any atom is 0.159 e. The van der Waals surface area contributed by atoms with E-state index in [1.54, 1.807) is 11.3 Å². The van der Waals surface area contributed by atoms with E-state index in [0.717, 1.165) is 41.4 Å². The predicted octanol–water partition coefficient (Wildman–Crippen LogP) is 2.94. The first-order valence-electron chi connectivity index (χ1n) is 5.62. The van der Waals surface area contributed by atoms with Crippen molar-refractivity contribution in [3.63, 3.8) is 0 Å². The minimum atomic E-state index is 0.460. The highest BCUT2D eigenvalue weighted by atomic mass is 35.5. The fourth-order valence-electron chi connectivity index (χ4n) is 2.02. The molecule has 1 aliphatic heterocycles. The maximum absolute atomic E-state index is 6.08. The van der Waals surface area contributed by atoms with Crippen molar-refractivity contribution in [3.8, 4) is 0 Å². The molecule has 0 aliphatic carbocycles. The second-order valence-corrected chi connectivity index (χ2v) is 5.52. The van der Waals surface area contributed by atoms with Crippen LogP contribution >= 0.6 is 22.9 Å². The first-order valence-corrected chi connectivity index (χ1v) is 6.82. The van der Waals surface area contributed by atoms with Gasteiger partial charge in [0.1, 0.15) is 16.2 Å². The summed E-state index contributed by atoms with van der Waals surface area (Å²) in [5.74, 6) is 1.18. The summed E-state index contributed by atoms with van der Waals surface area (Å²) in [6.45, 7) is 3.48. The molecule has 17 heavy (non-hydrogen) atoms. The number of thiazole rings is 1. The Morgan fingerprint density at radius 2 is 2.00 bits per heavy atom. The van der Waals surface area contributed by atoms with Crippen molar-refractivity contribution in [1.29, 1.82) is 0 Å². The smallest absolute Gasteiger partial charge is 0.159 e. The molecule has 0 N–H and O–H groups in total. The molecule has 4 nitrogen and oxygen atoms in total. The molecule has 0 amide bonds. The van der Waals surface area contributed by atoms with E-state index in [-0.39, 0.29) is 0 Å². The monoisotopic (exact) mass is 269 g/mol. The van der Waals surface area contributed by atoms with Crippen LogP contribution in [0.4, 0.5) is 0 Å². The molecular formula is C11H12ClN3OS. The lowest BCUT2D eigenvalue weighted by molar-refractivity contribution is 0.0853. The lowest BCUT2D eigenvalue weighted by atomic mass is 10.0. The van der Waals surface area contributed by atoms with Crippen molar-refractivity contribution < 1.29 is 4.74 Å². The molecule has 0 unspecified atom stereocenters. The zero-order chi connectivity index (χ0) is 11.8. The molecule has 0 spiro atoms. The van der Waals surface area contributed by atoms with Crippen LogP contribution in [0.25, 0.3) is 10.3 Å². The molecule has 1 aliphatic rings. The predicted molar refractivity (Wildman–Crippen MR) is 67.8 cm³/mol. The quantitative estimate of drug-likeness (QED) is 0.747. The SMILES string of the molecule is Cc1nc(Cl)c2nc(C3CCOCC3)sc2n1. The highest BCUT2D eigenvalue weighted by Crippen LogP contribution is 2.34. The van der Waals surface area contributed by atoms with Gasteiger partial charge in [0.05, 0.1) is 5.01 Å². The normalized spacial score (nSPS) is 17.8. The number of hydrogen-bond acceptors (Lipinski definition) is 5. The van der Waals surface area contributed by atoms with Gasteiger partial charge < -0.3 is 4.74 Å². The van der Waals surface area contributed by atoms with Crippen molar-refractivity contribution >= 4 is 33.3 Å². The van der Waals surface area contributed by atoms with Crippen molar-refractivity contribution in [1.82, 2.24) is 15.0 Å². The summed E-state index contributed by atoms with van der Waals surface area (Å²) in [4.78, 5) is 14.0. The van der Waals surface area contributed by atoms with E-state index >= 15 is 0 Å². The summed E-state index contributed by atoms with van der Waals surface area (Å²) in [5.41, 5.74) is 0.740. The number of ether oxygens (including phenoxy) is 1. The van der Waals surface area contributed by atoms with Crippen LogP contribution in [0.15, 0.2) is 0 Å². The fourth-order valence-corrected chi connectivity index (χ4v) is 3.49. The van der Waals surface area contributed by atoms with Crippen LogP contribution in [0.5, 0.6) is 0 Å². The average Bonchev–Trinajstić information content (AvgIpc) is 2.74. The van der Waals surface area contributed by atoms with E-state index in [1.807, 2.05) is 6.92 Å². The Bertz CT molecular complexity index is 551. The van der Waals surface area contributed by atoms with Crippen LogP contribution in [-0.2, 0) is 4.74 Å². The third-order valence-electron chi connectivity index (χ3n) is 2.92. The van der Waals surface area contributed by atoms with Crippen molar-refractivity contribution in [3.05, 3.63) is 16.0 Å². The van der Waals surface area contributed by atoms with Crippen LogP contribution < -0.4 is 0 Å². The zero-order valence-corrected chi connectivity index (χ0v) is 11.0. The zero-order valence-electron chi connectivity index (χ0n) is 9.44. The Labute approximate surface area is 108 Å². The van der Waals surface area contributed by atoms with Crippen LogP contribution in [0, 0.1) is 6.92 Å². The lowest BCUT2D eigenvalue weighted by Gasteiger charge is -2.19. The van der Waals surface area contributed by atoms with Crippen molar-refractivity contribution in [2.24, 2.45) is 0 Å². The van der Waals surface area contributed by atoms with Gasteiger partial charge in [-0.05, 0) is 19.8 Å². The summed E-state index contributed by atoms with van der Waals surface area (Å²) in [5, 5.41) is 1.58. The molecule has 3 heterocycles. The summed E-state index contributed by atoms with van der Waals surface area (Å²) >= 11 is 7.71. The second-order valence-electron chi connectivity index (χ2n) is 4.15. The number of aromatic nitrogens is 3. The van der Waals surface area contributed by atoms with Gasteiger partial charge in [0.25, 0.3) is 0 Å². The Morgan fingerprint density at radius 1 is 1.24 bits per heavy atom. The Morgan fingerprint density at radius 3 is 2.76 bits per heavy atom. The van der Waals surface area contributed by atoms with E-state index in [0.29, 0.717) is 16.9 Å². The summed E-state index contributed by atoms with van der Waals surface area (Å²) in [6.07, 6.45) is 2.06. The van der Waals surface area contributed by atoms with Crippen molar-refractivity contribution in [2.75, 3.05) is 13.2 Å². The van der Waals surface area contributed by atoms with Crippen LogP contribution in [0.2, 0.25) is 5.15 Å². The topological polar surface area (TPSA) is 47.9 Å². The van der Waals surface area contributed by atoms with Gasteiger partial charge >= 0.3 is 0 Å². The third-order valence-corrected chi connectivity index (χ3v) is 4.29. The Balaban J connectivity index is 2.03. The van der Waals surface area contributed by atoms with Gasteiger partial charge in [-0.15, -0.1) is 0 Å². The number of rotatable bonds is 1. The average molecular weight is 270 g/mol. The molecule has 0 bridgehead atoms. The minimum Gasteiger partial charge on any atom is -0.381 e. The molecule has 90 valence electrons. The number of aryl methyl sites for hydroxylation is 1. The van der Waals surface area contributed by atoms with E-state index < -0.39 is 0 Å². The van der Waals surface area contributed by atoms with Crippen LogP contribution in [0.3, 0.4) is 0 Å². The highest BCUT2D eigenvalue weighted by molar-refractivity contribution is 7.18. The second kappa shape index (κ2) is 4.48. The maximum atomic E-state index is 6.08. The van der Waals surface area contributed by atoms with Gasteiger partial charge in [-0.25, -0.2) is 15.0 Å². The lowest BCUT2D eigenvalue weighted by Crippen LogP contribution is -2.13. The van der Waals surface area contributed by atoms with E-state index in [9.17, 15) is 0 Å². The molecule has 2 aromatic heterocycles. The first-order chi connectivity index (χ1) is 8.24. The van der Waals surface area contributed by atoms with Crippen molar-refractivity contribution in [2.45, 2.75) is 25.7 Å². The third kappa shape index (κ3) is 2.14. The molecular weight excluding hydrogens is 258 g/mol. The van der Waals surface area contributed by atoms with Crippen LogP contribution in [-0.4, -0.2) is 28.2 Å². The van der Waals surface area contributed by atoms with Gasteiger partial charge in [0.2, 0.25) is 0 Å². The van der Waals surface area contributed by atoms with E-state index in [2.05, 4.69) is 15.0 Å². The molecule has 0 saturated carbocycles. The molecule has 1 fully saturated rings. The molecule has 2 aromatic rings. The van der Waals surface area contributed by atoms with Gasteiger partial charge in [0.15, 0.2) is 5.15 Å². The largest absolute Gasteiger partial charge is 0.381 e. The number of halogens is 1. The fraction of sp³-hybridized carbons (Fsp3) is 0.545. The van der Waals surface area contributed by atoms with Gasteiger partial charge in [-0.1, -0.05) is 22.9 Å². The highest BCUT2D eigenvalue weighted by Gasteiger charge is 2.21. The summed E-state index contributed by atoms with van der Waals surface area (Å²) in [6, 6.07) is 0. The molecule has 6 heteroatoms. The molecule has 3 rings (SSSR count). The van der Waals surface area contributed by atoms with Crippen LogP contribution in [0.1, 0.15) is 29.6 Å². The standard InChI is InChI=1S/C11H12ClN3OS/c1-6-13-9(12)8-11(14-6)17-10(15-8)7-2-4-16-5-3-7/h7H,2-5H2,1H3. The molecule has 1 saturated heterocycles.